The lowest BCUT2D eigenvalue weighted by Crippen LogP contribution is -2.02. The highest BCUT2D eigenvalue weighted by molar-refractivity contribution is 5.94. The first-order valence-electron chi connectivity index (χ1n) is 6.58. The van der Waals surface area contributed by atoms with E-state index in [1.54, 1.807) is 13.2 Å². The molecule has 2 rings (SSSR count). The minimum absolute atomic E-state index is 0.114. The fraction of sp³-hybridized carbons (Fsp3) is 0.235. The van der Waals surface area contributed by atoms with E-state index in [1.165, 1.54) is 19.1 Å². The molecule has 0 unspecified atom stereocenters. The molecule has 0 radical (unpaired) electrons. The number of hydrogen-bond acceptors (Lipinski definition) is 3. The summed E-state index contributed by atoms with van der Waals surface area (Å²) in [6, 6.07) is 9.92. The summed E-state index contributed by atoms with van der Waals surface area (Å²) in [5.74, 6) is 0.0834. The Kier molecular flexibility index (Phi) is 4.58. The number of ether oxygens (including phenoxy) is 2. The van der Waals surface area contributed by atoms with Gasteiger partial charge in [0, 0.05) is 11.1 Å². The molecule has 0 aliphatic carbocycles. The van der Waals surface area contributed by atoms with E-state index in [0.29, 0.717) is 11.3 Å². The van der Waals surface area contributed by atoms with Crippen LogP contribution in [0.1, 0.15) is 28.4 Å². The van der Waals surface area contributed by atoms with Crippen LogP contribution in [0.2, 0.25) is 0 Å². The van der Waals surface area contributed by atoms with E-state index < -0.39 is 5.82 Å². The predicted molar refractivity (Wildman–Crippen MR) is 78.5 cm³/mol. The van der Waals surface area contributed by atoms with Gasteiger partial charge < -0.3 is 9.47 Å². The average molecular weight is 288 g/mol. The summed E-state index contributed by atoms with van der Waals surface area (Å²) in [5.41, 5.74) is 2.24. The largest absolute Gasteiger partial charge is 0.496 e. The number of carbonyl (C=O) groups is 1. The standard InChI is InChI=1S/C17H17FO3/c1-11-4-6-16(20-3)14(8-11)10-21-17-7-5-13(12(2)19)9-15(17)18/h4-9H,10H2,1-3H3. The van der Waals surface area contributed by atoms with Crippen LogP contribution in [-0.4, -0.2) is 12.9 Å². The second kappa shape index (κ2) is 6.39. The van der Waals surface area contributed by atoms with E-state index in [4.69, 9.17) is 9.47 Å². The fourth-order valence-corrected chi connectivity index (χ4v) is 2.01. The molecule has 2 aromatic rings. The first kappa shape index (κ1) is 15.0. The smallest absolute Gasteiger partial charge is 0.165 e. The number of hydrogen-bond donors (Lipinski definition) is 0. The van der Waals surface area contributed by atoms with Gasteiger partial charge in [-0.05, 0) is 44.2 Å². The zero-order chi connectivity index (χ0) is 15.4. The number of methoxy groups -OCH3 is 1. The monoisotopic (exact) mass is 288 g/mol. The second-order valence-electron chi connectivity index (χ2n) is 4.81. The van der Waals surface area contributed by atoms with Crippen molar-refractivity contribution in [3.63, 3.8) is 0 Å². The summed E-state index contributed by atoms with van der Waals surface area (Å²) in [5, 5.41) is 0. The highest BCUT2D eigenvalue weighted by Crippen LogP contribution is 2.24. The lowest BCUT2D eigenvalue weighted by molar-refractivity contribution is 0.101. The van der Waals surface area contributed by atoms with Gasteiger partial charge in [-0.2, -0.15) is 0 Å². The highest BCUT2D eigenvalue weighted by Gasteiger charge is 2.09. The van der Waals surface area contributed by atoms with Crippen molar-refractivity contribution in [1.29, 1.82) is 0 Å². The number of rotatable bonds is 5. The third kappa shape index (κ3) is 3.60. The molecule has 0 aromatic heterocycles. The maximum atomic E-state index is 13.9. The topological polar surface area (TPSA) is 35.5 Å². The van der Waals surface area contributed by atoms with Crippen molar-refractivity contribution < 1.29 is 18.7 Å². The van der Waals surface area contributed by atoms with E-state index >= 15 is 0 Å². The molecule has 0 heterocycles. The Labute approximate surface area is 123 Å². The Morgan fingerprint density at radius 3 is 2.48 bits per heavy atom. The van der Waals surface area contributed by atoms with Crippen molar-refractivity contribution in [3.05, 3.63) is 58.9 Å². The van der Waals surface area contributed by atoms with Crippen LogP contribution < -0.4 is 9.47 Å². The first-order valence-corrected chi connectivity index (χ1v) is 6.58. The van der Waals surface area contributed by atoms with Gasteiger partial charge in [-0.25, -0.2) is 4.39 Å². The summed E-state index contributed by atoms with van der Waals surface area (Å²) in [7, 11) is 1.58. The van der Waals surface area contributed by atoms with Crippen molar-refractivity contribution >= 4 is 5.78 Å². The Bertz CT molecular complexity index is 665. The van der Waals surface area contributed by atoms with Gasteiger partial charge in [-0.1, -0.05) is 11.6 Å². The molecule has 0 N–H and O–H groups in total. The quantitative estimate of drug-likeness (QED) is 0.782. The first-order chi connectivity index (χ1) is 10.0. The van der Waals surface area contributed by atoms with Gasteiger partial charge in [0.25, 0.3) is 0 Å². The van der Waals surface area contributed by atoms with Gasteiger partial charge >= 0.3 is 0 Å². The molecule has 0 saturated carbocycles. The van der Waals surface area contributed by atoms with Crippen molar-refractivity contribution in [2.24, 2.45) is 0 Å². The van der Waals surface area contributed by atoms with Crippen LogP contribution in [0, 0.1) is 12.7 Å². The number of carbonyl (C=O) groups excluding carboxylic acids is 1. The molecule has 21 heavy (non-hydrogen) atoms. The summed E-state index contributed by atoms with van der Waals surface area (Å²) in [4.78, 5) is 11.2. The van der Waals surface area contributed by atoms with Crippen LogP contribution in [0.25, 0.3) is 0 Å². The van der Waals surface area contributed by atoms with Crippen LogP contribution in [-0.2, 0) is 6.61 Å². The molecule has 3 nitrogen and oxygen atoms in total. The molecule has 0 amide bonds. The van der Waals surface area contributed by atoms with Crippen molar-refractivity contribution in [1.82, 2.24) is 0 Å². The lowest BCUT2D eigenvalue weighted by atomic mass is 10.1. The molecule has 0 spiro atoms. The van der Waals surface area contributed by atoms with Gasteiger partial charge in [0.15, 0.2) is 17.3 Å². The van der Waals surface area contributed by atoms with Crippen LogP contribution in [0.5, 0.6) is 11.5 Å². The van der Waals surface area contributed by atoms with E-state index in [2.05, 4.69) is 0 Å². The second-order valence-corrected chi connectivity index (χ2v) is 4.81. The van der Waals surface area contributed by atoms with E-state index in [1.807, 2.05) is 25.1 Å². The van der Waals surface area contributed by atoms with Crippen LogP contribution in [0.3, 0.4) is 0 Å². The maximum absolute atomic E-state index is 13.9. The van der Waals surface area contributed by atoms with Crippen molar-refractivity contribution in [2.75, 3.05) is 7.11 Å². The molecule has 0 atom stereocenters. The van der Waals surface area contributed by atoms with Gasteiger partial charge in [-0.3, -0.25) is 4.79 Å². The zero-order valence-electron chi connectivity index (χ0n) is 12.3. The van der Waals surface area contributed by atoms with E-state index in [-0.39, 0.29) is 18.1 Å². The molecule has 110 valence electrons. The molecule has 0 aliphatic rings. The van der Waals surface area contributed by atoms with Gasteiger partial charge in [0.1, 0.15) is 12.4 Å². The number of halogens is 1. The maximum Gasteiger partial charge on any atom is 0.165 e. The third-order valence-electron chi connectivity index (χ3n) is 3.16. The Morgan fingerprint density at radius 1 is 1.14 bits per heavy atom. The summed E-state index contributed by atoms with van der Waals surface area (Å²) >= 11 is 0. The van der Waals surface area contributed by atoms with Crippen molar-refractivity contribution in [2.45, 2.75) is 20.5 Å². The number of benzene rings is 2. The molecule has 0 saturated heterocycles. The van der Waals surface area contributed by atoms with Gasteiger partial charge in [0.2, 0.25) is 0 Å². The molecule has 0 aliphatic heterocycles. The van der Waals surface area contributed by atoms with Crippen molar-refractivity contribution in [3.8, 4) is 11.5 Å². The zero-order valence-corrected chi connectivity index (χ0v) is 12.3. The lowest BCUT2D eigenvalue weighted by Gasteiger charge is -2.12. The molecule has 0 bridgehead atoms. The molecule has 0 fully saturated rings. The minimum atomic E-state index is -0.547. The Balaban J connectivity index is 2.17. The predicted octanol–water partition coefficient (Wildman–Crippen LogP) is 3.92. The van der Waals surface area contributed by atoms with Crippen LogP contribution >= 0.6 is 0 Å². The normalized spacial score (nSPS) is 10.3. The van der Waals surface area contributed by atoms with Gasteiger partial charge in [-0.15, -0.1) is 0 Å². The van der Waals surface area contributed by atoms with Crippen LogP contribution in [0.4, 0.5) is 4.39 Å². The number of aryl methyl sites for hydroxylation is 1. The highest BCUT2D eigenvalue weighted by atomic mass is 19.1. The Morgan fingerprint density at radius 2 is 1.86 bits per heavy atom. The van der Waals surface area contributed by atoms with Crippen LogP contribution in [0.15, 0.2) is 36.4 Å². The summed E-state index contributed by atoms with van der Waals surface area (Å²) in [6.07, 6.45) is 0. The number of Topliss-reactive ketones (excluding diaryl/α,β-unsaturated/α-hetero) is 1. The molecular formula is C17H17FO3. The average Bonchev–Trinajstić information content (AvgIpc) is 2.46. The molecular weight excluding hydrogens is 271 g/mol. The SMILES string of the molecule is COc1ccc(C)cc1COc1ccc(C(C)=O)cc1F. The number of ketones is 1. The minimum Gasteiger partial charge on any atom is -0.496 e. The van der Waals surface area contributed by atoms with Gasteiger partial charge in [0.05, 0.1) is 7.11 Å². The molecule has 4 heteroatoms. The van der Waals surface area contributed by atoms with E-state index in [9.17, 15) is 9.18 Å². The molecule has 2 aromatic carbocycles. The summed E-state index contributed by atoms with van der Waals surface area (Å²) in [6.45, 7) is 3.55. The third-order valence-corrected chi connectivity index (χ3v) is 3.16. The Hall–Kier alpha value is -2.36. The fourth-order valence-electron chi connectivity index (χ4n) is 2.01. The van der Waals surface area contributed by atoms with E-state index in [0.717, 1.165) is 11.1 Å². The summed E-state index contributed by atoms with van der Waals surface area (Å²) < 4.78 is 24.6.